The number of hydrogen-bond acceptors (Lipinski definition) is 4. The molecule has 1 aliphatic rings. The van der Waals surface area contributed by atoms with Crippen molar-refractivity contribution in [1.29, 1.82) is 0 Å². The Morgan fingerprint density at radius 2 is 0.625 bits per heavy atom. The van der Waals surface area contributed by atoms with E-state index in [0.29, 0.717) is 17.5 Å². The van der Waals surface area contributed by atoms with Gasteiger partial charge in [0.2, 0.25) is 0 Å². The summed E-state index contributed by atoms with van der Waals surface area (Å²) in [7, 11) is 0. The summed E-state index contributed by atoms with van der Waals surface area (Å²) in [6.07, 6.45) is 0. The third-order valence-electron chi connectivity index (χ3n) is 14.5. The lowest BCUT2D eigenvalue weighted by Gasteiger charge is -2.34. The zero-order valence-corrected chi connectivity index (χ0v) is 40.0. The van der Waals surface area contributed by atoms with Crippen molar-refractivity contribution in [1.82, 2.24) is 15.0 Å². The van der Waals surface area contributed by atoms with Crippen molar-refractivity contribution in [3.8, 4) is 56.4 Å². The van der Waals surface area contributed by atoms with Gasteiger partial charge in [-0.15, -0.1) is 0 Å². The first-order valence-corrected chi connectivity index (χ1v) is 24.7. The van der Waals surface area contributed by atoms with Crippen LogP contribution in [0.25, 0.3) is 78.0 Å². The molecular weight excluding hydrogens is 873 g/mol. The highest BCUT2D eigenvalue weighted by Gasteiger charge is 2.46. The van der Waals surface area contributed by atoms with Crippen LogP contribution in [-0.4, -0.2) is 15.0 Å². The van der Waals surface area contributed by atoms with Crippen molar-refractivity contribution in [2.45, 2.75) is 19.3 Å². The minimum Gasteiger partial charge on any atom is -0.311 e. The van der Waals surface area contributed by atoms with Gasteiger partial charge in [0.15, 0.2) is 17.5 Å². The van der Waals surface area contributed by atoms with Crippen LogP contribution >= 0.6 is 0 Å². The third kappa shape index (κ3) is 7.44. The van der Waals surface area contributed by atoms with Gasteiger partial charge >= 0.3 is 0 Å². The van der Waals surface area contributed by atoms with Gasteiger partial charge in [-0.25, -0.2) is 15.0 Å². The molecule has 0 atom stereocenters. The topological polar surface area (TPSA) is 41.9 Å². The quantitative estimate of drug-likeness (QED) is 0.145. The largest absolute Gasteiger partial charge is 0.311 e. The van der Waals surface area contributed by atoms with Gasteiger partial charge in [0.1, 0.15) is 0 Å². The number of nitrogens with zero attached hydrogens (tertiary/aromatic N) is 4. The van der Waals surface area contributed by atoms with E-state index in [9.17, 15) is 0 Å². The molecule has 0 spiro atoms. The number of aromatic nitrogens is 3. The van der Waals surface area contributed by atoms with Gasteiger partial charge in [-0.2, -0.15) is 0 Å². The average Bonchev–Trinajstić information content (AvgIpc) is 3.75. The van der Waals surface area contributed by atoms with Crippen LogP contribution in [0.15, 0.2) is 255 Å². The molecule has 1 aliphatic carbocycles. The molecule has 4 nitrogen and oxygen atoms in total. The molecule has 0 fully saturated rings. The van der Waals surface area contributed by atoms with Crippen LogP contribution in [0.1, 0.15) is 33.4 Å². The van der Waals surface area contributed by atoms with E-state index in [1.54, 1.807) is 0 Å². The normalized spacial score (nSPS) is 12.4. The highest BCUT2D eigenvalue weighted by Crippen LogP contribution is 2.56. The van der Waals surface area contributed by atoms with E-state index in [4.69, 9.17) is 15.0 Å². The van der Waals surface area contributed by atoms with E-state index in [1.165, 1.54) is 55.3 Å². The number of benzene rings is 11. The van der Waals surface area contributed by atoms with Crippen LogP contribution in [0.3, 0.4) is 0 Å². The maximum absolute atomic E-state index is 5.21. The first kappa shape index (κ1) is 42.8. The Morgan fingerprint density at radius 1 is 0.292 bits per heavy atom. The van der Waals surface area contributed by atoms with E-state index < -0.39 is 5.41 Å². The Hall–Kier alpha value is -9.25. The minimum absolute atomic E-state index is 0.581. The Morgan fingerprint density at radius 3 is 1.07 bits per heavy atom. The first-order valence-electron chi connectivity index (χ1n) is 24.7. The second-order valence-corrected chi connectivity index (χ2v) is 19.0. The molecule has 1 aromatic heterocycles. The molecule has 0 radical (unpaired) electrons. The fourth-order valence-corrected chi connectivity index (χ4v) is 10.9. The molecule has 0 amide bonds. The summed E-state index contributed by atoms with van der Waals surface area (Å²) >= 11 is 0. The number of aryl methyl sites for hydroxylation is 2. The third-order valence-corrected chi connectivity index (χ3v) is 14.5. The molecular formula is C68H48N4. The predicted octanol–water partition coefficient (Wildman–Crippen LogP) is 17.3. The van der Waals surface area contributed by atoms with Crippen molar-refractivity contribution in [2.75, 3.05) is 4.90 Å². The molecule has 340 valence electrons. The maximum Gasteiger partial charge on any atom is 0.164 e. The second-order valence-electron chi connectivity index (χ2n) is 19.0. The van der Waals surface area contributed by atoms with Crippen LogP contribution in [0.5, 0.6) is 0 Å². The Labute approximate surface area is 420 Å². The lowest BCUT2D eigenvalue weighted by Crippen LogP contribution is -2.28. The van der Waals surface area contributed by atoms with Gasteiger partial charge in [-0.05, 0) is 128 Å². The van der Waals surface area contributed by atoms with Gasteiger partial charge in [0.05, 0.1) is 5.41 Å². The molecule has 0 saturated heterocycles. The second kappa shape index (κ2) is 17.6. The highest BCUT2D eigenvalue weighted by atomic mass is 15.1. The van der Waals surface area contributed by atoms with Gasteiger partial charge in [0, 0.05) is 33.8 Å². The summed E-state index contributed by atoms with van der Waals surface area (Å²) in [5.74, 6) is 1.90. The summed E-state index contributed by atoms with van der Waals surface area (Å²) in [5, 5.41) is 4.63. The number of hydrogen-bond donors (Lipinski definition) is 0. The lowest BCUT2D eigenvalue weighted by atomic mass is 9.67. The Balaban J connectivity index is 0.901. The van der Waals surface area contributed by atoms with Gasteiger partial charge < -0.3 is 4.90 Å². The Bertz CT molecular complexity index is 3780. The molecule has 0 saturated carbocycles. The zero-order valence-electron chi connectivity index (χ0n) is 40.0. The molecule has 1 heterocycles. The van der Waals surface area contributed by atoms with E-state index in [0.717, 1.165) is 55.7 Å². The molecule has 0 aliphatic heterocycles. The summed E-state index contributed by atoms with van der Waals surface area (Å²) in [6.45, 7) is 4.26. The summed E-state index contributed by atoms with van der Waals surface area (Å²) in [5.41, 5.74) is 17.8. The van der Waals surface area contributed by atoms with Crippen LogP contribution < -0.4 is 4.90 Å². The molecule has 72 heavy (non-hydrogen) atoms. The summed E-state index contributed by atoms with van der Waals surface area (Å²) in [6, 6.07) is 92.1. The van der Waals surface area contributed by atoms with Crippen LogP contribution in [0.4, 0.5) is 17.1 Å². The summed E-state index contributed by atoms with van der Waals surface area (Å²) < 4.78 is 0. The van der Waals surface area contributed by atoms with Crippen LogP contribution in [-0.2, 0) is 5.41 Å². The van der Waals surface area contributed by atoms with Crippen molar-refractivity contribution in [2.24, 2.45) is 0 Å². The monoisotopic (exact) mass is 920 g/mol. The van der Waals surface area contributed by atoms with E-state index in [2.05, 4.69) is 274 Å². The predicted molar refractivity (Wildman–Crippen MR) is 298 cm³/mol. The van der Waals surface area contributed by atoms with Crippen molar-refractivity contribution in [3.63, 3.8) is 0 Å². The van der Waals surface area contributed by atoms with Gasteiger partial charge in [-0.3, -0.25) is 0 Å². The fraction of sp³-hybridized carbons (Fsp3) is 0.0441. The van der Waals surface area contributed by atoms with Crippen LogP contribution in [0, 0.1) is 13.8 Å². The lowest BCUT2D eigenvalue weighted by molar-refractivity contribution is 0.768. The van der Waals surface area contributed by atoms with Crippen molar-refractivity contribution < 1.29 is 0 Å². The standard InChI is InChI=1S/C68H48N4/c1-45-19-37-58(38-20-45)72(59-39-21-46(2)22-40-59)60-41-31-50(32-42-60)49-27-33-56(34-28-49)68(63-17-9-7-15-61(63)62-16-8-10-18-64(62)68)57-35-29-51(30-36-57)65-69-66(54-25-23-47-11-3-5-13-52(47)43-54)71-67(70-65)55-26-24-48-12-4-6-14-53(48)44-55/h3-44H,1-2H3. The Kier molecular flexibility index (Phi) is 10.5. The highest BCUT2D eigenvalue weighted by molar-refractivity contribution is 5.90. The SMILES string of the molecule is Cc1ccc(N(c2ccc(C)cc2)c2ccc(-c3ccc(C4(c5ccc(-c6nc(-c7ccc8ccccc8c7)nc(-c7ccc8ccccc8c7)n6)cc5)c5ccccc5-c5ccccc54)cc3)cc2)cc1. The van der Waals surface area contributed by atoms with Gasteiger partial charge in [-0.1, -0.05) is 217 Å². The minimum atomic E-state index is -0.581. The fourth-order valence-electron chi connectivity index (χ4n) is 10.9. The summed E-state index contributed by atoms with van der Waals surface area (Å²) in [4.78, 5) is 17.9. The first-order chi connectivity index (χ1) is 35.5. The maximum atomic E-state index is 5.21. The van der Waals surface area contributed by atoms with Gasteiger partial charge in [0.25, 0.3) is 0 Å². The number of anilines is 3. The molecule has 0 N–H and O–H groups in total. The van der Waals surface area contributed by atoms with Crippen molar-refractivity contribution in [3.05, 3.63) is 288 Å². The number of fused-ring (bicyclic) bond motifs is 5. The molecule has 0 bridgehead atoms. The number of rotatable bonds is 9. The smallest absolute Gasteiger partial charge is 0.164 e. The molecule has 11 aromatic carbocycles. The van der Waals surface area contributed by atoms with E-state index in [-0.39, 0.29) is 0 Å². The van der Waals surface area contributed by atoms with E-state index in [1.807, 2.05) is 0 Å². The molecule has 13 rings (SSSR count). The molecule has 0 unspecified atom stereocenters. The van der Waals surface area contributed by atoms with Crippen LogP contribution in [0.2, 0.25) is 0 Å². The zero-order chi connectivity index (χ0) is 48.2. The molecule has 4 heteroatoms. The van der Waals surface area contributed by atoms with Crippen molar-refractivity contribution >= 4 is 38.6 Å². The molecule has 12 aromatic rings. The average molecular weight is 921 g/mol. The van der Waals surface area contributed by atoms with E-state index >= 15 is 0 Å².